The Morgan fingerprint density at radius 1 is 1.21 bits per heavy atom. The van der Waals surface area contributed by atoms with Crippen molar-refractivity contribution in [3.8, 4) is 17.5 Å². The standard InChI is InChI=1S/C22H15F3N6O3/c1-13-11-30(17-4-2-3-5-18(17)34-12-22(23,24)25)21(33)19-16(10-28-31(13)19)20(32)29-15-7-6-14(8-26)27-9-15/h2-7,9-11H,12H2,1H3,(H,29,32). The van der Waals surface area contributed by atoms with Crippen LogP contribution in [0.3, 0.4) is 0 Å². The number of ether oxygens (including phenoxy) is 1. The highest BCUT2D eigenvalue weighted by molar-refractivity contribution is 6.08. The van der Waals surface area contributed by atoms with Gasteiger partial charge in [-0.05, 0) is 31.2 Å². The van der Waals surface area contributed by atoms with Crippen LogP contribution in [0.2, 0.25) is 0 Å². The maximum atomic E-state index is 13.4. The zero-order chi connectivity index (χ0) is 24.5. The van der Waals surface area contributed by atoms with Crippen LogP contribution in [0.4, 0.5) is 18.9 Å². The number of fused-ring (bicyclic) bond motifs is 1. The molecule has 3 heterocycles. The minimum absolute atomic E-state index is 0.0551. The first-order chi connectivity index (χ1) is 16.2. The molecule has 1 amide bonds. The maximum Gasteiger partial charge on any atom is 0.422 e. The van der Waals surface area contributed by atoms with Crippen LogP contribution in [-0.2, 0) is 0 Å². The van der Waals surface area contributed by atoms with Crippen molar-refractivity contribution >= 4 is 17.1 Å². The van der Waals surface area contributed by atoms with Gasteiger partial charge in [0.2, 0.25) is 0 Å². The molecule has 4 aromatic rings. The second-order valence-corrected chi connectivity index (χ2v) is 7.13. The lowest BCUT2D eigenvalue weighted by Gasteiger charge is -2.15. The summed E-state index contributed by atoms with van der Waals surface area (Å²) >= 11 is 0. The molecule has 0 bridgehead atoms. The third kappa shape index (κ3) is 4.44. The van der Waals surface area contributed by atoms with Crippen molar-refractivity contribution in [3.05, 3.63) is 82.3 Å². The number of nitrogens with zero attached hydrogens (tertiary/aromatic N) is 5. The minimum atomic E-state index is -4.56. The van der Waals surface area contributed by atoms with Crippen LogP contribution >= 0.6 is 0 Å². The van der Waals surface area contributed by atoms with E-state index < -0.39 is 24.2 Å². The average Bonchev–Trinajstić information content (AvgIpc) is 3.27. The molecule has 0 aliphatic heterocycles. The van der Waals surface area contributed by atoms with Crippen molar-refractivity contribution in [2.24, 2.45) is 0 Å². The Morgan fingerprint density at radius 3 is 2.65 bits per heavy atom. The summed E-state index contributed by atoms with van der Waals surface area (Å²) in [4.78, 5) is 30.1. The molecule has 34 heavy (non-hydrogen) atoms. The highest BCUT2D eigenvalue weighted by Crippen LogP contribution is 2.25. The lowest BCUT2D eigenvalue weighted by Crippen LogP contribution is -2.25. The topological polar surface area (TPSA) is 114 Å². The number of hydrogen-bond donors (Lipinski definition) is 1. The van der Waals surface area contributed by atoms with Crippen LogP contribution < -0.4 is 15.6 Å². The van der Waals surface area contributed by atoms with Crippen molar-refractivity contribution in [1.29, 1.82) is 5.26 Å². The monoisotopic (exact) mass is 468 g/mol. The van der Waals surface area contributed by atoms with Crippen molar-refractivity contribution in [2.45, 2.75) is 13.1 Å². The summed E-state index contributed by atoms with van der Waals surface area (Å²) in [5.41, 5.74) is 0.158. The van der Waals surface area contributed by atoms with Gasteiger partial charge in [-0.15, -0.1) is 0 Å². The second kappa shape index (κ2) is 8.70. The molecule has 0 aliphatic rings. The molecule has 0 spiro atoms. The zero-order valence-corrected chi connectivity index (χ0v) is 17.5. The Morgan fingerprint density at radius 2 is 1.97 bits per heavy atom. The van der Waals surface area contributed by atoms with Crippen LogP contribution in [0.25, 0.3) is 11.2 Å². The summed E-state index contributed by atoms with van der Waals surface area (Å²) in [6.07, 6.45) is -0.661. The van der Waals surface area contributed by atoms with Gasteiger partial charge in [0, 0.05) is 6.20 Å². The van der Waals surface area contributed by atoms with Gasteiger partial charge in [0.05, 0.1) is 35.0 Å². The van der Waals surface area contributed by atoms with Crippen molar-refractivity contribution in [1.82, 2.24) is 19.2 Å². The molecule has 0 atom stereocenters. The summed E-state index contributed by atoms with van der Waals surface area (Å²) in [7, 11) is 0. The number of rotatable bonds is 5. The largest absolute Gasteiger partial charge is 0.482 e. The molecule has 0 radical (unpaired) electrons. The molecular formula is C22H15F3N6O3. The number of aromatic nitrogens is 4. The molecule has 9 nitrogen and oxygen atoms in total. The third-order valence-corrected chi connectivity index (χ3v) is 4.74. The highest BCUT2D eigenvalue weighted by Gasteiger charge is 2.29. The lowest BCUT2D eigenvalue weighted by atomic mass is 10.2. The molecule has 0 fully saturated rings. The van der Waals surface area contributed by atoms with E-state index in [0.717, 1.165) is 4.57 Å². The fourth-order valence-corrected chi connectivity index (χ4v) is 3.25. The van der Waals surface area contributed by atoms with Crippen molar-refractivity contribution in [2.75, 3.05) is 11.9 Å². The van der Waals surface area contributed by atoms with Gasteiger partial charge < -0.3 is 10.1 Å². The van der Waals surface area contributed by atoms with Gasteiger partial charge in [-0.3, -0.25) is 14.2 Å². The van der Waals surface area contributed by atoms with Crippen LogP contribution in [0, 0.1) is 18.3 Å². The fourth-order valence-electron chi connectivity index (χ4n) is 3.25. The van der Waals surface area contributed by atoms with E-state index >= 15 is 0 Å². The normalized spacial score (nSPS) is 11.3. The Bertz CT molecular complexity index is 1480. The lowest BCUT2D eigenvalue weighted by molar-refractivity contribution is -0.153. The Hall–Kier alpha value is -4.66. The predicted octanol–water partition coefficient (Wildman–Crippen LogP) is 3.25. The number of nitrogens with one attached hydrogen (secondary N) is 1. The van der Waals surface area contributed by atoms with E-state index in [2.05, 4.69) is 15.4 Å². The minimum Gasteiger partial charge on any atom is -0.482 e. The molecule has 0 saturated heterocycles. The van der Waals surface area contributed by atoms with Gasteiger partial charge in [0.1, 0.15) is 23.0 Å². The van der Waals surface area contributed by atoms with E-state index in [1.165, 1.54) is 53.4 Å². The summed E-state index contributed by atoms with van der Waals surface area (Å²) in [5.74, 6) is -0.808. The fraction of sp³-hybridized carbons (Fsp3) is 0.136. The van der Waals surface area contributed by atoms with E-state index in [9.17, 15) is 22.8 Å². The molecule has 0 unspecified atom stereocenters. The molecule has 4 rings (SSSR count). The number of benzene rings is 1. The van der Waals surface area contributed by atoms with Gasteiger partial charge in [0.15, 0.2) is 6.61 Å². The molecule has 12 heteroatoms. The Kier molecular flexibility index (Phi) is 5.77. The smallest absolute Gasteiger partial charge is 0.422 e. The van der Waals surface area contributed by atoms with Crippen molar-refractivity contribution < 1.29 is 22.7 Å². The second-order valence-electron chi connectivity index (χ2n) is 7.13. The zero-order valence-electron chi connectivity index (χ0n) is 17.5. The summed E-state index contributed by atoms with van der Waals surface area (Å²) in [5, 5.41) is 15.5. The molecule has 1 N–H and O–H groups in total. The molecule has 0 aliphatic carbocycles. The van der Waals surface area contributed by atoms with Gasteiger partial charge >= 0.3 is 6.18 Å². The number of nitriles is 1. The first-order valence-electron chi connectivity index (χ1n) is 9.74. The van der Waals surface area contributed by atoms with Crippen molar-refractivity contribution in [3.63, 3.8) is 0 Å². The third-order valence-electron chi connectivity index (χ3n) is 4.74. The van der Waals surface area contributed by atoms with Gasteiger partial charge in [0.25, 0.3) is 11.5 Å². The maximum absolute atomic E-state index is 13.4. The number of amides is 1. The molecular weight excluding hydrogens is 453 g/mol. The van der Waals surface area contributed by atoms with Crippen LogP contribution in [0.15, 0.2) is 59.8 Å². The number of carbonyl (C=O) groups is 1. The number of pyridine rings is 1. The highest BCUT2D eigenvalue weighted by atomic mass is 19.4. The molecule has 172 valence electrons. The van der Waals surface area contributed by atoms with Crippen LogP contribution in [-0.4, -0.2) is 37.9 Å². The quantitative estimate of drug-likeness (QED) is 0.481. The number of anilines is 1. The van der Waals surface area contributed by atoms with E-state index in [4.69, 9.17) is 10.00 Å². The van der Waals surface area contributed by atoms with E-state index in [-0.39, 0.29) is 28.2 Å². The number of hydrogen-bond acceptors (Lipinski definition) is 6. The number of halogens is 3. The molecule has 3 aromatic heterocycles. The van der Waals surface area contributed by atoms with Gasteiger partial charge in [-0.2, -0.15) is 23.5 Å². The van der Waals surface area contributed by atoms with Crippen LogP contribution in [0.1, 0.15) is 21.7 Å². The first kappa shape index (κ1) is 22.5. The Balaban J connectivity index is 1.77. The SMILES string of the molecule is Cc1cn(-c2ccccc2OCC(F)(F)F)c(=O)c2c(C(=O)Nc3ccc(C#N)nc3)cnn12. The van der Waals surface area contributed by atoms with E-state index in [0.29, 0.717) is 11.4 Å². The number of alkyl halides is 3. The average molecular weight is 468 g/mol. The molecule has 1 aromatic carbocycles. The van der Waals surface area contributed by atoms with Gasteiger partial charge in [-0.25, -0.2) is 9.50 Å². The predicted molar refractivity (Wildman–Crippen MR) is 114 cm³/mol. The van der Waals surface area contributed by atoms with E-state index in [1.54, 1.807) is 13.0 Å². The van der Waals surface area contributed by atoms with E-state index in [1.807, 2.05) is 6.07 Å². The van der Waals surface area contributed by atoms with Gasteiger partial charge in [-0.1, -0.05) is 12.1 Å². The first-order valence-corrected chi connectivity index (χ1v) is 9.74. The molecule has 0 saturated carbocycles. The number of aryl methyl sites for hydroxylation is 1. The van der Waals surface area contributed by atoms with Crippen LogP contribution in [0.5, 0.6) is 5.75 Å². The summed E-state index contributed by atoms with van der Waals surface area (Å²) in [6, 6.07) is 10.5. The summed E-state index contributed by atoms with van der Waals surface area (Å²) in [6.45, 7) is 0.0975. The summed E-state index contributed by atoms with van der Waals surface area (Å²) < 4.78 is 45.3. The number of para-hydroxylation sites is 2. The number of carbonyl (C=O) groups excluding carboxylic acids is 1. The Labute approximate surface area is 189 Å².